The third kappa shape index (κ3) is 3.62. The number of carboxylic acids is 1. The summed E-state index contributed by atoms with van der Waals surface area (Å²) in [5, 5.41) is 14.1. The van der Waals surface area contributed by atoms with Crippen molar-refractivity contribution in [2.45, 2.75) is 39.3 Å². The number of benzene rings is 2. The van der Waals surface area contributed by atoms with Crippen molar-refractivity contribution in [3.63, 3.8) is 0 Å². The van der Waals surface area contributed by atoms with Crippen molar-refractivity contribution in [2.75, 3.05) is 0 Å². The first-order chi connectivity index (χ1) is 13.9. The average Bonchev–Trinajstić information content (AvgIpc) is 2.99. The van der Waals surface area contributed by atoms with E-state index in [1.165, 1.54) is 0 Å². The van der Waals surface area contributed by atoms with Crippen LogP contribution < -0.4 is 5.32 Å². The van der Waals surface area contributed by atoms with E-state index in [4.69, 9.17) is 11.6 Å². The molecular weight excluding hydrogens is 388 g/mol. The van der Waals surface area contributed by atoms with Crippen molar-refractivity contribution < 1.29 is 14.7 Å². The maximum Gasteiger partial charge on any atom is 0.323 e. The lowest BCUT2D eigenvalue weighted by atomic mass is 9.73. The summed E-state index contributed by atoms with van der Waals surface area (Å²) in [7, 11) is 0. The van der Waals surface area contributed by atoms with Gasteiger partial charge in [-0.15, -0.1) is 0 Å². The highest BCUT2D eigenvalue weighted by Gasteiger charge is 2.39. The van der Waals surface area contributed by atoms with Crippen LogP contribution in [0.1, 0.15) is 30.2 Å². The molecule has 29 heavy (non-hydrogen) atoms. The fourth-order valence-electron chi connectivity index (χ4n) is 4.32. The number of carboxylic acid groups (broad SMARTS) is 1. The second-order valence-corrected chi connectivity index (χ2v) is 8.34. The molecule has 6 heteroatoms. The normalized spacial score (nSPS) is 18.4. The largest absolute Gasteiger partial charge is 0.480 e. The van der Waals surface area contributed by atoms with E-state index in [0.717, 1.165) is 27.7 Å². The molecule has 1 aliphatic carbocycles. The van der Waals surface area contributed by atoms with E-state index >= 15 is 0 Å². The smallest absolute Gasteiger partial charge is 0.323 e. The first kappa shape index (κ1) is 19.5. The molecule has 0 aliphatic heterocycles. The van der Waals surface area contributed by atoms with Crippen LogP contribution in [-0.4, -0.2) is 21.6 Å². The van der Waals surface area contributed by atoms with E-state index in [1.54, 1.807) is 0 Å². The zero-order valence-corrected chi connectivity index (χ0v) is 17.0. The Morgan fingerprint density at radius 3 is 2.66 bits per heavy atom. The van der Waals surface area contributed by atoms with Gasteiger partial charge in [0.05, 0.1) is 5.41 Å². The van der Waals surface area contributed by atoms with E-state index in [-0.39, 0.29) is 12.5 Å². The molecule has 0 radical (unpaired) electrons. The van der Waals surface area contributed by atoms with Crippen molar-refractivity contribution in [1.82, 2.24) is 9.88 Å². The number of hydrogen-bond acceptors (Lipinski definition) is 2. The van der Waals surface area contributed by atoms with Crippen LogP contribution in [-0.2, 0) is 35.5 Å². The Morgan fingerprint density at radius 2 is 1.90 bits per heavy atom. The molecule has 1 aromatic heterocycles. The summed E-state index contributed by atoms with van der Waals surface area (Å²) in [5.41, 5.74) is 3.38. The van der Waals surface area contributed by atoms with Crippen molar-refractivity contribution in [3.05, 3.63) is 70.4 Å². The molecule has 3 aromatic rings. The molecule has 1 amide bonds. The first-order valence-electron chi connectivity index (χ1n) is 9.71. The van der Waals surface area contributed by atoms with Gasteiger partial charge >= 0.3 is 5.97 Å². The second-order valence-electron chi connectivity index (χ2n) is 7.93. The monoisotopic (exact) mass is 410 g/mol. The number of fused-ring (bicyclic) bond motifs is 3. The number of hydrogen-bond donors (Lipinski definition) is 2. The Morgan fingerprint density at radius 1 is 1.17 bits per heavy atom. The van der Waals surface area contributed by atoms with Gasteiger partial charge in [0.2, 0.25) is 5.91 Å². The number of nitrogens with one attached hydrogen (secondary N) is 1. The van der Waals surface area contributed by atoms with Crippen LogP contribution in [0, 0.1) is 5.41 Å². The number of rotatable bonds is 5. The number of aliphatic carboxylic acids is 1. The molecule has 150 valence electrons. The zero-order chi connectivity index (χ0) is 20.6. The molecule has 4 rings (SSSR count). The number of nitrogens with zero attached hydrogens (tertiary/aromatic N) is 1. The van der Waals surface area contributed by atoms with Crippen molar-refractivity contribution in [3.8, 4) is 0 Å². The fraction of sp³-hybridized carbons (Fsp3) is 0.304. The van der Waals surface area contributed by atoms with Crippen molar-refractivity contribution >= 4 is 34.4 Å². The van der Waals surface area contributed by atoms with Gasteiger partial charge in [0.15, 0.2) is 0 Å². The fourth-order valence-corrected chi connectivity index (χ4v) is 4.53. The molecule has 0 saturated heterocycles. The number of amides is 1. The third-order valence-electron chi connectivity index (χ3n) is 5.91. The molecule has 2 N–H and O–H groups in total. The van der Waals surface area contributed by atoms with E-state index in [2.05, 4.69) is 5.32 Å². The summed E-state index contributed by atoms with van der Waals surface area (Å²) in [6, 6.07) is 15.3. The Labute approximate surface area is 174 Å². The van der Waals surface area contributed by atoms with Crippen LogP contribution in [0.3, 0.4) is 0 Å². The predicted molar refractivity (Wildman–Crippen MR) is 113 cm³/mol. The highest BCUT2D eigenvalue weighted by molar-refractivity contribution is 6.31. The van der Waals surface area contributed by atoms with Crippen molar-refractivity contribution in [1.29, 1.82) is 0 Å². The van der Waals surface area contributed by atoms with Gasteiger partial charge in [0, 0.05) is 28.2 Å². The minimum atomic E-state index is -0.862. The van der Waals surface area contributed by atoms with Gasteiger partial charge in [0.25, 0.3) is 0 Å². The van der Waals surface area contributed by atoms with E-state index < -0.39 is 11.4 Å². The molecule has 0 spiro atoms. The first-order valence-corrected chi connectivity index (χ1v) is 10.1. The lowest BCUT2D eigenvalue weighted by Crippen LogP contribution is -2.42. The van der Waals surface area contributed by atoms with Gasteiger partial charge in [-0.2, -0.15) is 0 Å². The summed E-state index contributed by atoms with van der Waals surface area (Å²) in [6.07, 6.45) is 1.93. The quantitative estimate of drug-likeness (QED) is 0.662. The van der Waals surface area contributed by atoms with Crippen molar-refractivity contribution in [2.24, 2.45) is 5.41 Å². The van der Waals surface area contributed by atoms with E-state index in [1.807, 2.05) is 60.0 Å². The molecule has 1 aliphatic rings. The molecular formula is C23H23ClN2O3. The maximum absolute atomic E-state index is 13.1. The number of carbonyl (C=O) groups is 2. The van der Waals surface area contributed by atoms with Gasteiger partial charge in [-0.1, -0.05) is 54.9 Å². The lowest BCUT2D eigenvalue weighted by molar-refractivity contribution is -0.137. The van der Waals surface area contributed by atoms with Crippen LogP contribution in [0.2, 0.25) is 5.02 Å². The van der Waals surface area contributed by atoms with Gasteiger partial charge in [-0.25, -0.2) is 0 Å². The summed E-state index contributed by atoms with van der Waals surface area (Å²) in [4.78, 5) is 24.5. The Bertz CT molecular complexity index is 1100. The molecule has 1 unspecified atom stereocenters. The number of carbonyl (C=O) groups excluding carboxylic acids is 1. The molecule has 1 heterocycles. The minimum absolute atomic E-state index is 0.00173. The Kier molecular flexibility index (Phi) is 5.09. The molecule has 5 nitrogen and oxygen atoms in total. The summed E-state index contributed by atoms with van der Waals surface area (Å²) < 4.78 is 1.88. The molecule has 0 saturated carbocycles. The highest BCUT2D eigenvalue weighted by Crippen LogP contribution is 2.40. The van der Waals surface area contributed by atoms with Gasteiger partial charge < -0.3 is 15.0 Å². The van der Waals surface area contributed by atoms with Gasteiger partial charge in [-0.05, 0) is 42.5 Å². The van der Waals surface area contributed by atoms with Crippen LogP contribution in [0.15, 0.2) is 48.5 Å². The summed E-state index contributed by atoms with van der Waals surface area (Å²) in [6.45, 7) is 2.31. The number of para-hydroxylation sites is 1. The number of aromatic nitrogens is 1. The van der Waals surface area contributed by atoms with E-state index in [0.29, 0.717) is 30.8 Å². The van der Waals surface area contributed by atoms with Crippen LogP contribution >= 0.6 is 11.6 Å². The minimum Gasteiger partial charge on any atom is -0.480 e. The highest BCUT2D eigenvalue weighted by atomic mass is 35.5. The molecule has 0 bridgehead atoms. The topological polar surface area (TPSA) is 71.3 Å². The van der Waals surface area contributed by atoms with Crippen LogP contribution in [0.4, 0.5) is 0 Å². The Hall–Kier alpha value is -2.79. The number of halogens is 1. The predicted octanol–water partition coefficient (Wildman–Crippen LogP) is 4.19. The average molecular weight is 411 g/mol. The zero-order valence-electron chi connectivity index (χ0n) is 16.2. The second kappa shape index (κ2) is 7.56. The molecule has 0 fully saturated rings. The molecule has 1 atom stereocenters. The maximum atomic E-state index is 13.1. The Balaban J connectivity index is 1.61. The summed E-state index contributed by atoms with van der Waals surface area (Å²) in [5.74, 6) is -0.863. The third-order valence-corrected chi connectivity index (χ3v) is 6.28. The van der Waals surface area contributed by atoms with E-state index in [9.17, 15) is 14.7 Å². The SMILES string of the molecule is CC1(C(=O)NCc2ccccc2Cl)CCc2c(c3ccccc3n2CC(=O)O)C1. The molecule has 2 aromatic carbocycles. The standard InChI is InChI=1S/C23H23ClN2O3/c1-23(22(29)25-13-15-6-2-4-8-18(15)24)11-10-20-17(12-23)16-7-3-5-9-19(16)26(20)14-21(27)28/h2-9H,10-14H2,1H3,(H,25,29)(H,27,28). The lowest BCUT2D eigenvalue weighted by Gasteiger charge is -2.33. The van der Waals surface area contributed by atoms with Gasteiger partial charge in [0.1, 0.15) is 6.54 Å². The summed E-state index contributed by atoms with van der Waals surface area (Å²) >= 11 is 6.20. The van der Waals surface area contributed by atoms with Crippen LogP contribution in [0.5, 0.6) is 0 Å². The van der Waals surface area contributed by atoms with Gasteiger partial charge in [-0.3, -0.25) is 9.59 Å². The van der Waals surface area contributed by atoms with Crippen LogP contribution in [0.25, 0.3) is 10.9 Å².